The summed E-state index contributed by atoms with van der Waals surface area (Å²) < 4.78 is 0. The molecule has 2 aromatic heterocycles. The molecule has 0 bridgehead atoms. The number of nitrogens with zero attached hydrogens (tertiary/aromatic N) is 3. The smallest absolute Gasteiger partial charge is 0.255 e. The van der Waals surface area contributed by atoms with Gasteiger partial charge < -0.3 is 4.98 Å². The van der Waals surface area contributed by atoms with Crippen LogP contribution in [-0.4, -0.2) is 26.4 Å². The first-order valence-corrected chi connectivity index (χ1v) is 10.4. The number of fused-ring (bicyclic) bond motifs is 2. The van der Waals surface area contributed by atoms with Crippen molar-refractivity contribution in [3.63, 3.8) is 0 Å². The van der Waals surface area contributed by atoms with Gasteiger partial charge in [-0.3, -0.25) is 9.69 Å². The Morgan fingerprint density at radius 2 is 1.93 bits per heavy atom. The van der Waals surface area contributed by atoms with Crippen LogP contribution >= 0.6 is 11.6 Å². The second kappa shape index (κ2) is 7.67. The van der Waals surface area contributed by atoms with E-state index >= 15 is 0 Å². The van der Waals surface area contributed by atoms with Crippen molar-refractivity contribution in [1.29, 1.82) is 0 Å². The Kier molecular flexibility index (Phi) is 4.85. The van der Waals surface area contributed by atoms with Crippen molar-refractivity contribution in [2.24, 2.45) is 0 Å². The lowest BCUT2D eigenvalue weighted by Gasteiger charge is -2.28. The highest BCUT2D eigenvalue weighted by molar-refractivity contribution is 6.30. The van der Waals surface area contributed by atoms with Crippen LogP contribution in [0.3, 0.4) is 0 Å². The van der Waals surface area contributed by atoms with Gasteiger partial charge in [0.25, 0.3) is 5.56 Å². The van der Waals surface area contributed by atoms with E-state index in [4.69, 9.17) is 16.6 Å². The first-order valence-electron chi connectivity index (χ1n) is 10.0. The van der Waals surface area contributed by atoms with Gasteiger partial charge in [0.15, 0.2) is 0 Å². The molecule has 3 heterocycles. The van der Waals surface area contributed by atoms with Gasteiger partial charge in [0.2, 0.25) is 0 Å². The number of rotatable bonds is 3. The van der Waals surface area contributed by atoms with Crippen LogP contribution in [0.15, 0.2) is 59.4 Å². The molecule has 0 atom stereocenters. The highest BCUT2D eigenvalue weighted by Gasteiger charge is 2.22. The molecule has 6 heteroatoms. The molecule has 0 saturated heterocycles. The molecule has 5 nitrogen and oxygen atoms in total. The average Bonchev–Trinajstić information content (AvgIpc) is 2.75. The summed E-state index contributed by atoms with van der Waals surface area (Å²) in [7, 11) is 0. The van der Waals surface area contributed by atoms with Crippen molar-refractivity contribution in [1.82, 2.24) is 19.9 Å². The number of benzene rings is 2. The predicted octanol–water partition coefficient (Wildman–Crippen LogP) is 4.51. The third-order valence-electron chi connectivity index (χ3n) is 5.59. The molecule has 0 amide bonds. The van der Waals surface area contributed by atoms with Gasteiger partial charge in [-0.05, 0) is 24.6 Å². The number of H-pyrrole nitrogens is 1. The summed E-state index contributed by atoms with van der Waals surface area (Å²) in [6, 6.07) is 18.0. The van der Waals surface area contributed by atoms with E-state index < -0.39 is 0 Å². The minimum Gasteiger partial charge on any atom is -0.306 e. The largest absolute Gasteiger partial charge is 0.306 e. The molecule has 2 aromatic carbocycles. The third-order valence-corrected chi connectivity index (χ3v) is 5.92. The SMILES string of the molecule is Cc1ccc2cc(CN3CCc4nc(-c5ccccc5)[nH]c(=O)c4C3)c(Cl)nc2c1. The van der Waals surface area contributed by atoms with Gasteiger partial charge in [-0.15, -0.1) is 0 Å². The van der Waals surface area contributed by atoms with Gasteiger partial charge in [0.05, 0.1) is 16.8 Å². The van der Waals surface area contributed by atoms with Crippen LogP contribution in [0, 0.1) is 6.92 Å². The molecule has 0 saturated carbocycles. The average molecular weight is 417 g/mol. The normalized spacial score (nSPS) is 14.1. The Morgan fingerprint density at radius 1 is 1.10 bits per heavy atom. The predicted molar refractivity (Wildman–Crippen MR) is 120 cm³/mol. The maximum Gasteiger partial charge on any atom is 0.255 e. The molecule has 1 aliphatic heterocycles. The Hall–Kier alpha value is -3.02. The molecule has 0 radical (unpaired) electrons. The Labute approximate surface area is 179 Å². The maximum absolute atomic E-state index is 12.8. The molecule has 30 heavy (non-hydrogen) atoms. The number of hydrogen-bond acceptors (Lipinski definition) is 4. The molecular formula is C24H21ClN4O. The van der Waals surface area contributed by atoms with Crippen LogP contribution in [-0.2, 0) is 19.5 Å². The summed E-state index contributed by atoms with van der Waals surface area (Å²) in [6.07, 6.45) is 0.733. The first kappa shape index (κ1) is 19.0. The van der Waals surface area contributed by atoms with Gasteiger partial charge in [-0.2, -0.15) is 0 Å². The molecule has 0 aliphatic carbocycles. The van der Waals surface area contributed by atoms with Crippen molar-refractivity contribution in [3.8, 4) is 11.4 Å². The van der Waals surface area contributed by atoms with Gasteiger partial charge in [0.1, 0.15) is 11.0 Å². The van der Waals surface area contributed by atoms with Crippen LogP contribution < -0.4 is 5.56 Å². The van der Waals surface area contributed by atoms with Crippen LogP contribution in [0.2, 0.25) is 5.15 Å². The zero-order valence-electron chi connectivity index (χ0n) is 16.7. The second-order valence-corrected chi connectivity index (χ2v) is 8.16. The first-order chi connectivity index (χ1) is 14.6. The fraction of sp³-hybridized carbons (Fsp3) is 0.208. The van der Waals surface area contributed by atoms with E-state index in [1.165, 1.54) is 0 Å². The number of hydrogen-bond donors (Lipinski definition) is 1. The van der Waals surface area contributed by atoms with Gasteiger partial charge in [-0.1, -0.05) is 54.1 Å². The topological polar surface area (TPSA) is 61.9 Å². The molecule has 0 unspecified atom stereocenters. The lowest BCUT2D eigenvalue weighted by Crippen LogP contribution is -2.35. The van der Waals surface area contributed by atoms with Crippen molar-refractivity contribution in [3.05, 3.63) is 92.5 Å². The van der Waals surface area contributed by atoms with Crippen LogP contribution in [0.4, 0.5) is 0 Å². The van der Waals surface area contributed by atoms with Gasteiger partial charge >= 0.3 is 0 Å². The summed E-state index contributed by atoms with van der Waals surface area (Å²) in [5, 5.41) is 1.59. The molecule has 1 N–H and O–H groups in total. The van der Waals surface area contributed by atoms with Gasteiger partial charge in [0, 0.05) is 42.6 Å². The zero-order chi connectivity index (χ0) is 20.7. The van der Waals surface area contributed by atoms with Crippen molar-refractivity contribution < 1.29 is 0 Å². The number of pyridine rings is 1. The minimum absolute atomic E-state index is 0.0678. The fourth-order valence-corrected chi connectivity index (χ4v) is 4.20. The zero-order valence-corrected chi connectivity index (χ0v) is 17.4. The number of aromatic amines is 1. The molecule has 150 valence electrons. The molecule has 1 aliphatic rings. The van der Waals surface area contributed by atoms with Crippen LogP contribution in [0.25, 0.3) is 22.3 Å². The summed E-state index contributed by atoms with van der Waals surface area (Å²) in [5.74, 6) is 0.630. The second-order valence-electron chi connectivity index (χ2n) is 7.80. The maximum atomic E-state index is 12.8. The quantitative estimate of drug-likeness (QED) is 0.499. The van der Waals surface area contributed by atoms with Crippen LogP contribution in [0.5, 0.6) is 0 Å². The van der Waals surface area contributed by atoms with Crippen molar-refractivity contribution in [2.45, 2.75) is 26.4 Å². The third kappa shape index (κ3) is 3.62. The molecule has 5 rings (SSSR count). The molecule has 4 aromatic rings. The van der Waals surface area contributed by atoms with E-state index in [2.05, 4.69) is 33.1 Å². The number of halogens is 1. The fourth-order valence-electron chi connectivity index (χ4n) is 4.00. The van der Waals surface area contributed by atoms with Gasteiger partial charge in [-0.25, -0.2) is 9.97 Å². The van der Waals surface area contributed by atoms with Crippen molar-refractivity contribution in [2.75, 3.05) is 6.54 Å². The lowest BCUT2D eigenvalue weighted by atomic mass is 10.0. The van der Waals surface area contributed by atoms with E-state index in [-0.39, 0.29) is 5.56 Å². The van der Waals surface area contributed by atoms with Crippen molar-refractivity contribution >= 4 is 22.5 Å². The monoisotopic (exact) mass is 416 g/mol. The van der Waals surface area contributed by atoms with E-state index in [0.29, 0.717) is 24.1 Å². The van der Waals surface area contributed by atoms with E-state index in [9.17, 15) is 4.79 Å². The summed E-state index contributed by atoms with van der Waals surface area (Å²) in [5.41, 5.74) is 5.51. The molecule has 0 fully saturated rings. The summed E-state index contributed by atoms with van der Waals surface area (Å²) in [4.78, 5) is 27.2. The van der Waals surface area contributed by atoms with Crippen LogP contribution in [0.1, 0.15) is 22.4 Å². The number of aryl methyl sites for hydroxylation is 1. The Balaban J connectivity index is 1.41. The number of aromatic nitrogens is 3. The lowest BCUT2D eigenvalue weighted by molar-refractivity contribution is 0.242. The molecule has 0 spiro atoms. The number of nitrogens with one attached hydrogen (secondary N) is 1. The minimum atomic E-state index is -0.0678. The molecular weight excluding hydrogens is 396 g/mol. The standard InChI is InChI=1S/C24H21ClN4O/c1-15-7-8-17-12-18(22(25)26-21(17)11-15)13-29-10-9-20-19(14-29)24(30)28-23(27-20)16-5-3-2-4-6-16/h2-8,11-12H,9-10,13-14H2,1H3,(H,27,28,30). The van der Waals surface area contributed by atoms with E-state index in [0.717, 1.165) is 51.8 Å². The summed E-state index contributed by atoms with van der Waals surface area (Å²) in [6.45, 7) is 4.06. The highest BCUT2D eigenvalue weighted by Crippen LogP contribution is 2.25. The Morgan fingerprint density at radius 3 is 2.77 bits per heavy atom. The highest BCUT2D eigenvalue weighted by atomic mass is 35.5. The Bertz CT molecular complexity index is 1300. The van der Waals surface area contributed by atoms with E-state index in [1.54, 1.807) is 0 Å². The van der Waals surface area contributed by atoms with E-state index in [1.807, 2.05) is 43.3 Å². The summed E-state index contributed by atoms with van der Waals surface area (Å²) >= 11 is 6.48.